The normalized spacial score (nSPS) is 15.7. The molecule has 0 aliphatic carbocycles. The smallest absolute Gasteiger partial charge is 0.319 e. The summed E-state index contributed by atoms with van der Waals surface area (Å²) in [6.07, 6.45) is -0.354. The van der Waals surface area contributed by atoms with Gasteiger partial charge in [-0.1, -0.05) is 65.0 Å². The van der Waals surface area contributed by atoms with Gasteiger partial charge in [0.2, 0.25) is 0 Å². The van der Waals surface area contributed by atoms with Crippen LogP contribution in [0.2, 0.25) is 18.1 Å². The molecule has 0 aromatic heterocycles. The Morgan fingerprint density at radius 3 is 2.06 bits per heavy atom. The highest BCUT2D eigenvalue weighted by molar-refractivity contribution is 6.74. The lowest BCUT2D eigenvalue weighted by Crippen LogP contribution is -2.51. The lowest BCUT2D eigenvalue weighted by molar-refractivity contribution is -0.160. The molecule has 182 valence electrons. The molecule has 0 heterocycles. The summed E-state index contributed by atoms with van der Waals surface area (Å²) < 4.78 is 17.9. The third-order valence-electron chi connectivity index (χ3n) is 6.60. The van der Waals surface area contributed by atoms with Gasteiger partial charge in [0.1, 0.15) is 5.41 Å². The van der Waals surface area contributed by atoms with Gasteiger partial charge in [-0.3, -0.25) is 9.59 Å². The molecule has 6 heteroatoms. The molecule has 0 radical (unpaired) electrons. The van der Waals surface area contributed by atoms with E-state index < -0.39 is 25.6 Å². The van der Waals surface area contributed by atoms with Crippen LogP contribution in [0.4, 0.5) is 0 Å². The molecule has 5 nitrogen and oxygen atoms in total. The zero-order chi connectivity index (χ0) is 24.7. The number of esters is 1. The van der Waals surface area contributed by atoms with Crippen molar-refractivity contribution in [2.75, 3.05) is 13.2 Å². The predicted octanol–water partition coefficient (Wildman–Crippen LogP) is 6.02. The summed E-state index contributed by atoms with van der Waals surface area (Å²) in [6, 6.07) is 10.0. The number of hydrogen-bond acceptors (Lipinski definition) is 5. The third kappa shape index (κ3) is 7.53. The molecule has 1 rings (SSSR count). The third-order valence-corrected chi connectivity index (χ3v) is 11.1. The molecule has 32 heavy (non-hydrogen) atoms. The Kier molecular flexibility index (Phi) is 10.3. The van der Waals surface area contributed by atoms with Gasteiger partial charge in [-0.05, 0) is 44.5 Å². The van der Waals surface area contributed by atoms with Gasteiger partial charge in [0.15, 0.2) is 14.1 Å². The van der Waals surface area contributed by atoms with Crippen molar-refractivity contribution in [1.29, 1.82) is 0 Å². The maximum atomic E-state index is 13.5. The Labute approximate surface area is 196 Å². The van der Waals surface area contributed by atoms with E-state index in [9.17, 15) is 9.59 Å². The number of Topliss-reactive ketones (excluding diaryl/α,β-unsaturated/α-hetero) is 1. The minimum Gasteiger partial charge on any atom is -0.465 e. The molecule has 0 unspecified atom stereocenters. The van der Waals surface area contributed by atoms with Crippen molar-refractivity contribution in [2.24, 2.45) is 17.3 Å². The maximum Gasteiger partial charge on any atom is 0.319 e. The molecule has 0 bridgehead atoms. The predicted molar refractivity (Wildman–Crippen MR) is 132 cm³/mol. The fourth-order valence-corrected chi connectivity index (χ4v) is 4.86. The number of rotatable bonds is 12. The summed E-state index contributed by atoms with van der Waals surface area (Å²) in [7, 11) is -2.17. The van der Waals surface area contributed by atoms with Crippen LogP contribution in [-0.2, 0) is 30.1 Å². The first-order valence-corrected chi connectivity index (χ1v) is 14.6. The minimum absolute atomic E-state index is 0.00467. The zero-order valence-corrected chi connectivity index (χ0v) is 22.8. The van der Waals surface area contributed by atoms with E-state index in [0.717, 1.165) is 5.56 Å². The fraction of sp³-hybridized carbons (Fsp3) is 0.692. The SMILES string of the molecule is CCOC(=O)C(C)(C)C(=O)[C@H](C)[C@H](O[Si](C)(C)C(C)(C)C)[C@@H](C)COCc1ccccc1. The highest BCUT2D eigenvalue weighted by Crippen LogP contribution is 2.40. The van der Waals surface area contributed by atoms with Crippen molar-refractivity contribution in [2.45, 2.75) is 86.2 Å². The Balaban J connectivity index is 3.07. The van der Waals surface area contributed by atoms with E-state index >= 15 is 0 Å². The summed E-state index contributed by atoms with van der Waals surface area (Å²) in [4.78, 5) is 25.9. The van der Waals surface area contributed by atoms with Crippen LogP contribution in [0.1, 0.15) is 61.0 Å². The number of ketones is 1. The van der Waals surface area contributed by atoms with Gasteiger partial charge in [0, 0.05) is 11.8 Å². The molecule has 0 saturated heterocycles. The molecule has 3 atom stereocenters. The van der Waals surface area contributed by atoms with E-state index in [0.29, 0.717) is 13.2 Å². The van der Waals surface area contributed by atoms with Crippen LogP contribution < -0.4 is 0 Å². The van der Waals surface area contributed by atoms with Crippen molar-refractivity contribution in [3.8, 4) is 0 Å². The van der Waals surface area contributed by atoms with Gasteiger partial charge in [-0.15, -0.1) is 0 Å². The van der Waals surface area contributed by atoms with Crippen LogP contribution in [0.15, 0.2) is 30.3 Å². The zero-order valence-electron chi connectivity index (χ0n) is 21.8. The molecule has 1 aromatic carbocycles. The van der Waals surface area contributed by atoms with Crippen LogP contribution in [0.25, 0.3) is 0 Å². The summed E-state index contributed by atoms with van der Waals surface area (Å²) in [5.41, 5.74) is -0.121. The number of hydrogen-bond donors (Lipinski definition) is 0. The van der Waals surface area contributed by atoms with E-state index in [1.54, 1.807) is 20.8 Å². The van der Waals surface area contributed by atoms with Gasteiger partial charge in [-0.25, -0.2) is 0 Å². The molecule has 0 aliphatic rings. The van der Waals surface area contributed by atoms with Gasteiger partial charge in [0.25, 0.3) is 0 Å². The number of carbonyl (C=O) groups is 2. The van der Waals surface area contributed by atoms with E-state index in [1.165, 1.54) is 0 Å². The van der Waals surface area contributed by atoms with E-state index in [2.05, 4.69) is 40.8 Å². The molecule has 0 saturated carbocycles. The van der Waals surface area contributed by atoms with E-state index in [4.69, 9.17) is 13.9 Å². The monoisotopic (exact) mass is 464 g/mol. The summed E-state index contributed by atoms with van der Waals surface area (Å²) in [5, 5.41) is -0.00467. The van der Waals surface area contributed by atoms with Crippen LogP contribution in [0, 0.1) is 17.3 Å². The second-order valence-corrected chi connectivity index (χ2v) is 15.6. The maximum absolute atomic E-state index is 13.5. The van der Waals surface area contributed by atoms with Crippen molar-refractivity contribution < 1.29 is 23.5 Å². The summed E-state index contributed by atoms with van der Waals surface area (Å²) in [5.74, 6) is -1.14. The quantitative estimate of drug-likeness (QED) is 0.215. The van der Waals surface area contributed by atoms with E-state index in [-0.39, 0.29) is 29.5 Å². The fourth-order valence-electron chi connectivity index (χ4n) is 3.39. The molecular weight excluding hydrogens is 420 g/mol. The average molecular weight is 465 g/mol. The Bertz CT molecular complexity index is 736. The van der Waals surface area contributed by atoms with Crippen molar-refractivity contribution in [3.05, 3.63) is 35.9 Å². The first-order valence-electron chi connectivity index (χ1n) is 11.7. The first-order chi connectivity index (χ1) is 14.6. The Morgan fingerprint density at radius 1 is 1.00 bits per heavy atom. The highest BCUT2D eigenvalue weighted by Gasteiger charge is 2.47. The largest absolute Gasteiger partial charge is 0.465 e. The number of ether oxygens (including phenoxy) is 2. The van der Waals surface area contributed by atoms with Gasteiger partial charge in [0.05, 0.1) is 25.9 Å². The molecule has 1 aromatic rings. The Hall–Kier alpha value is -1.50. The second kappa shape index (κ2) is 11.6. The standard InChI is InChI=1S/C26H44O5Si/c1-11-30-24(28)26(7,8)23(27)20(3)22(31-32(9,10)25(4,5)6)19(2)17-29-18-21-15-13-12-14-16-21/h12-16,19-20,22H,11,17-18H2,1-10H3/t19-,20+,22+/m0/s1. The topological polar surface area (TPSA) is 61.8 Å². The number of benzene rings is 1. The molecule has 0 fully saturated rings. The molecule has 0 spiro atoms. The lowest BCUT2D eigenvalue weighted by atomic mass is 9.77. The highest BCUT2D eigenvalue weighted by atomic mass is 28.4. The van der Waals surface area contributed by atoms with Crippen molar-refractivity contribution in [1.82, 2.24) is 0 Å². The summed E-state index contributed by atoms with van der Waals surface area (Å²) in [6.45, 7) is 21.1. The van der Waals surface area contributed by atoms with Crippen LogP contribution >= 0.6 is 0 Å². The minimum atomic E-state index is -2.17. The van der Waals surface area contributed by atoms with Gasteiger partial charge in [-0.2, -0.15) is 0 Å². The van der Waals surface area contributed by atoms with Crippen LogP contribution in [0.5, 0.6) is 0 Å². The molecular formula is C26H44O5Si. The van der Waals surface area contributed by atoms with Gasteiger partial charge < -0.3 is 13.9 Å². The van der Waals surface area contributed by atoms with Crippen LogP contribution in [-0.4, -0.2) is 39.4 Å². The average Bonchev–Trinajstić information content (AvgIpc) is 2.70. The summed E-state index contributed by atoms with van der Waals surface area (Å²) >= 11 is 0. The second-order valence-electron chi connectivity index (χ2n) is 10.8. The molecule has 0 amide bonds. The lowest BCUT2D eigenvalue weighted by Gasteiger charge is -2.43. The van der Waals surface area contributed by atoms with Crippen LogP contribution in [0.3, 0.4) is 0 Å². The first kappa shape index (κ1) is 28.5. The van der Waals surface area contributed by atoms with E-state index in [1.807, 2.05) is 37.3 Å². The van der Waals surface area contributed by atoms with Gasteiger partial charge >= 0.3 is 5.97 Å². The molecule has 0 N–H and O–H groups in total. The number of carbonyl (C=O) groups excluding carboxylic acids is 2. The Morgan fingerprint density at radius 2 is 1.56 bits per heavy atom. The van der Waals surface area contributed by atoms with Crippen molar-refractivity contribution in [3.63, 3.8) is 0 Å². The van der Waals surface area contributed by atoms with Crippen molar-refractivity contribution >= 4 is 20.1 Å². The molecule has 0 aliphatic heterocycles.